The number of aliphatic carboxylic acids is 1. The molecule has 0 aromatic heterocycles. The number of nitrogens with two attached hydrogens (primary N) is 1. The lowest BCUT2D eigenvalue weighted by molar-refractivity contribution is -0.146. The summed E-state index contributed by atoms with van der Waals surface area (Å²) in [5, 5.41) is 8.63. The third-order valence-corrected chi connectivity index (χ3v) is 3.37. The minimum atomic E-state index is -1.16. The Morgan fingerprint density at radius 2 is 0.920 bits per heavy atom. The molecule has 3 N–H and O–H groups in total. The van der Waals surface area contributed by atoms with E-state index in [1.807, 2.05) is 0 Å². The largest absolute Gasteiger partial charge is 0.480 e. The molecule has 0 rings (SSSR count). The smallest absolute Gasteiger partial charge is 0.323 e. The van der Waals surface area contributed by atoms with Gasteiger partial charge >= 0.3 is 5.97 Å². The van der Waals surface area contributed by atoms with Crippen molar-refractivity contribution in [2.75, 3.05) is 60.9 Å². The van der Waals surface area contributed by atoms with Crippen molar-refractivity contribution in [1.82, 2.24) is 19.6 Å². The average molecular weight is 359 g/mol. The molecule has 0 saturated heterocycles. The summed E-state index contributed by atoms with van der Waals surface area (Å²) in [5.74, 6) is -3.06. The van der Waals surface area contributed by atoms with E-state index in [0.29, 0.717) is 0 Å². The van der Waals surface area contributed by atoms with Crippen LogP contribution in [0.5, 0.6) is 0 Å². The maximum absolute atomic E-state index is 12.1. The summed E-state index contributed by atoms with van der Waals surface area (Å²) in [6, 6.07) is 0. The number of amides is 4. The Kier molecular flexibility index (Phi) is 9.13. The Hall–Kier alpha value is -2.69. The summed E-state index contributed by atoms with van der Waals surface area (Å²) >= 11 is 0. The maximum atomic E-state index is 12.1. The molecule has 0 bridgehead atoms. The highest BCUT2D eigenvalue weighted by molar-refractivity contribution is 5.90. The quantitative estimate of drug-likeness (QED) is 0.442. The normalized spacial score (nSPS) is 9.96. The molecule has 0 atom stereocenters. The first-order chi connectivity index (χ1) is 11.5. The van der Waals surface area contributed by atoms with Crippen LogP contribution >= 0.6 is 0 Å². The first-order valence-electron chi connectivity index (χ1n) is 7.37. The number of hydrogen-bond acceptors (Lipinski definition) is 6. The zero-order chi connectivity index (χ0) is 19.7. The second kappa shape index (κ2) is 10.2. The van der Waals surface area contributed by atoms with Crippen molar-refractivity contribution in [3.05, 3.63) is 0 Å². The summed E-state index contributed by atoms with van der Waals surface area (Å²) in [5.41, 5.74) is 5.20. The average Bonchev–Trinajstić information content (AvgIpc) is 2.52. The van der Waals surface area contributed by atoms with Gasteiger partial charge in [0, 0.05) is 28.2 Å². The molecular formula is C14H25N5O6. The molecule has 142 valence electrons. The van der Waals surface area contributed by atoms with Crippen LogP contribution in [-0.4, -0.2) is 115 Å². The highest BCUT2D eigenvalue weighted by Crippen LogP contribution is 1.95. The van der Waals surface area contributed by atoms with Crippen LogP contribution < -0.4 is 5.73 Å². The standard InChI is InChI=1S/C14H25N5O6/c1-16(10(20)5-15)6-11(21)17(2)7-12(22)18(3)8-13(23)19(4)9-14(24)25/h5-9,15H2,1-4H3,(H,24,25). The molecule has 0 unspecified atom stereocenters. The van der Waals surface area contributed by atoms with E-state index in [1.54, 1.807) is 0 Å². The van der Waals surface area contributed by atoms with E-state index >= 15 is 0 Å². The second-order valence-electron chi connectivity index (χ2n) is 5.60. The Bertz CT molecular complexity index is 538. The summed E-state index contributed by atoms with van der Waals surface area (Å²) in [7, 11) is 5.50. The monoisotopic (exact) mass is 359 g/mol. The second-order valence-corrected chi connectivity index (χ2v) is 5.60. The van der Waals surface area contributed by atoms with Gasteiger partial charge in [0.2, 0.25) is 23.6 Å². The Morgan fingerprint density at radius 3 is 1.20 bits per heavy atom. The van der Waals surface area contributed by atoms with Gasteiger partial charge in [-0.2, -0.15) is 0 Å². The minimum Gasteiger partial charge on any atom is -0.480 e. The molecule has 0 aliphatic heterocycles. The fraction of sp³-hybridized carbons (Fsp3) is 0.643. The third kappa shape index (κ3) is 8.11. The van der Waals surface area contributed by atoms with Gasteiger partial charge in [-0.3, -0.25) is 24.0 Å². The number of likely N-dealkylation sites (N-methyl/N-ethyl adjacent to an activating group) is 4. The fourth-order valence-corrected chi connectivity index (χ4v) is 1.68. The van der Waals surface area contributed by atoms with Gasteiger partial charge in [0.05, 0.1) is 26.2 Å². The van der Waals surface area contributed by atoms with Gasteiger partial charge in [0.1, 0.15) is 6.54 Å². The van der Waals surface area contributed by atoms with E-state index < -0.39 is 36.1 Å². The minimum absolute atomic E-state index is 0.218. The molecule has 0 aliphatic carbocycles. The molecule has 0 heterocycles. The van der Waals surface area contributed by atoms with Crippen molar-refractivity contribution < 1.29 is 29.1 Å². The van der Waals surface area contributed by atoms with Crippen LogP contribution in [0.15, 0.2) is 0 Å². The fourth-order valence-electron chi connectivity index (χ4n) is 1.68. The molecule has 11 nitrogen and oxygen atoms in total. The van der Waals surface area contributed by atoms with E-state index in [4.69, 9.17) is 10.8 Å². The lowest BCUT2D eigenvalue weighted by atomic mass is 10.4. The SMILES string of the molecule is CN(CC(=O)O)C(=O)CN(C)C(=O)CN(C)C(=O)CN(C)C(=O)CN. The molecule has 25 heavy (non-hydrogen) atoms. The third-order valence-electron chi connectivity index (χ3n) is 3.37. The maximum Gasteiger partial charge on any atom is 0.323 e. The summed E-state index contributed by atoms with van der Waals surface area (Å²) in [6.07, 6.45) is 0. The van der Waals surface area contributed by atoms with Crippen LogP contribution in [-0.2, 0) is 24.0 Å². The summed E-state index contributed by atoms with van der Waals surface area (Å²) in [4.78, 5) is 62.1. The molecule has 0 saturated carbocycles. The molecule has 11 heteroatoms. The lowest BCUT2D eigenvalue weighted by Gasteiger charge is -2.25. The van der Waals surface area contributed by atoms with Crippen molar-refractivity contribution in [2.45, 2.75) is 0 Å². The van der Waals surface area contributed by atoms with E-state index in [-0.39, 0.29) is 26.2 Å². The first kappa shape index (κ1) is 22.3. The zero-order valence-electron chi connectivity index (χ0n) is 14.9. The van der Waals surface area contributed by atoms with Gasteiger partial charge in [-0.25, -0.2) is 0 Å². The van der Waals surface area contributed by atoms with Gasteiger partial charge < -0.3 is 30.4 Å². The van der Waals surface area contributed by atoms with Crippen molar-refractivity contribution in [3.8, 4) is 0 Å². The predicted octanol–water partition coefficient (Wildman–Crippen LogP) is -3.14. The molecule has 0 fully saturated rings. The highest BCUT2D eigenvalue weighted by Gasteiger charge is 2.21. The van der Waals surface area contributed by atoms with E-state index in [9.17, 15) is 24.0 Å². The van der Waals surface area contributed by atoms with Crippen LogP contribution in [0.4, 0.5) is 0 Å². The van der Waals surface area contributed by atoms with Gasteiger partial charge in [-0.15, -0.1) is 0 Å². The molecule has 0 radical (unpaired) electrons. The van der Waals surface area contributed by atoms with Gasteiger partial charge in [0.25, 0.3) is 0 Å². The van der Waals surface area contributed by atoms with Crippen LogP contribution in [0.25, 0.3) is 0 Å². The first-order valence-corrected chi connectivity index (χ1v) is 7.37. The highest BCUT2D eigenvalue weighted by atomic mass is 16.4. The number of carboxylic acid groups (broad SMARTS) is 1. The number of carboxylic acids is 1. The molecule has 0 aromatic rings. The predicted molar refractivity (Wildman–Crippen MR) is 87.2 cm³/mol. The molecule has 0 aromatic carbocycles. The van der Waals surface area contributed by atoms with Gasteiger partial charge in [0.15, 0.2) is 0 Å². The van der Waals surface area contributed by atoms with Crippen LogP contribution in [0.3, 0.4) is 0 Å². The van der Waals surface area contributed by atoms with E-state index in [1.165, 1.54) is 28.2 Å². The number of carbonyl (C=O) groups excluding carboxylic acids is 4. The summed E-state index contributed by atoms with van der Waals surface area (Å²) < 4.78 is 0. The Labute approximate surface area is 145 Å². The van der Waals surface area contributed by atoms with Crippen molar-refractivity contribution in [3.63, 3.8) is 0 Å². The number of nitrogens with zero attached hydrogens (tertiary/aromatic N) is 4. The van der Waals surface area contributed by atoms with Crippen LogP contribution in [0.2, 0.25) is 0 Å². The number of rotatable bonds is 9. The van der Waals surface area contributed by atoms with Crippen molar-refractivity contribution in [1.29, 1.82) is 0 Å². The van der Waals surface area contributed by atoms with Crippen molar-refractivity contribution >= 4 is 29.6 Å². The van der Waals surface area contributed by atoms with Crippen molar-refractivity contribution in [2.24, 2.45) is 5.73 Å². The van der Waals surface area contributed by atoms with E-state index in [2.05, 4.69) is 0 Å². The lowest BCUT2D eigenvalue weighted by Crippen LogP contribution is -2.47. The molecule has 0 spiro atoms. The van der Waals surface area contributed by atoms with Gasteiger partial charge in [-0.05, 0) is 0 Å². The Balaban J connectivity index is 4.50. The van der Waals surface area contributed by atoms with Crippen LogP contribution in [0.1, 0.15) is 0 Å². The number of carbonyl (C=O) groups is 5. The molecular weight excluding hydrogens is 334 g/mol. The van der Waals surface area contributed by atoms with Gasteiger partial charge in [-0.1, -0.05) is 0 Å². The Morgan fingerprint density at radius 1 is 0.640 bits per heavy atom. The topological polar surface area (TPSA) is 145 Å². The zero-order valence-corrected chi connectivity index (χ0v) is 14.9. The number of hydrogen-bond donors (Lipinski definition) is 2. The van der Waals surface area contributed by atoms with Crippen LogP contribution in [0, 0.1) is 0 Å². The molecule has 0 aliphatic rings. The van der Waals surface area contributed by atoms with E-state index in [0.717, 1.165) is 19.6 Å². The molecule has 4 amide bonds. The summed E-state index contributed by atoms with van der Waals surface area (Å²) in [6.45, 7) is -1.50.